The number of benzene rings is 1. The Balaban J connectivity index is 1.67. The Morgan fingerprint density at radius 3 is 2.92 bits per heavy atom. The van der Waals surface area contributed by atoms with Gasteiger partial charge in [-0.05, 0) is 65.9 Å². The van der Waals surface area contributed by atoms with Gasteiger partial charge in [0.1, 0.15) is 5.82 Å². The van der Waals surface area contributed by atoms with Gasteiger partial charge in [-0.3, -0.25) is 4.79 Å². The predicted octanol–water partition coefficient (Wildman–Crippen LogP) is 4.36. The molecule has 0 atom stereocenters. The Labute approximate surface area is 144 Å². The summed E-state index contributed by atoms with van der Waals surface area (Å²) >= 11 is 1.60. The van der Waals surface area contributed by atoms with Gasteiger partial charge in [0.05, 0.1) is 5.52 Å². The van der Waals surface area contributed by atoms with Gasteiger partial charge >= 0.3 is 0 Å². The lowest BCUT2D eigenvalue weighted by Crippen LogP contribution is -2.23. The van der Waals surface area contributed by atoms with Crippen molar-refractivity contribution in [3.63, 3.8) is 0 Å². The molecule has 0 aliphatic heterocycles. The van der Waals surface area contributed by atoms with Gasteiger partial charge in [-0.15, -0.1) is 0 Å². The van der Waals surface area contributed by atoms with Crippen molar-refractivity contribution in [1.82, 2.24) is 10.3 Å². The summed E-state index contributed by atoms with van der Waals surface area (Å²) < 4.78 is 13.9. The number of amides is 1. The molecule has 24 heavy (non-hydrogen) atoms. The molecule has 0 aliphatic rings. The first-order valence-electron chi connectivity index (χ1n) is 7.80. The van der Waals surface area contributed by atoms with Crippen LogP contribution in [0.5, 0.6) is 0 Å². The maximum absolute atomic E-state index is 13.9. The molecule has 3 rings (SSSR count). The number of nitrogens with one attached hydrogen (secondary N) is 2. The summed E-state index contributed by atoms with van der Waals surface area (Å²) in [5.41, 5.74) is 4.61. The van der Waals surface area contributed by atoms with Crippen LogP contribution in [-0.4, -0.2) is 17.4 Å². The van der Waals surface area contributed by atoms with E-state index in [9.17, 15) is 9.18 Å². The fraction of sp³-hybridized carbons (Fsp3) is 0.211. The molecule has 3 nitrogen and oxygen atoms in total. The molecule has 0 bridgehead atoms. The Morgan fingerprint density at radius 1 is 1.33 bits per heavy atom. The number of halogens is 1. The molecule has 2 N–H and O–H groups in total. The molecule has 0 unspecified atom stereocenters. The van der Waals surface area contributed by atoms with Crippen LogP contribution < -0.4 is 5.32 Å². The van der Waals surface area contributed by atoms with Gasteiger partial charge in [0.25, 0.3) is 0 Å². The average Bonchev–Trinajstić information content (AvgIpc) is 3.18. The first-order chi connectivity index (χ1) is 11.6. The number of aromatic amines is 1. The topological polar surface area (TPSA) is 44.9 Å². The number of hydrogen-bond donors (Lipinski definition) is 2. The number of rotatable bonds is 5. The van der Waals surface area contributed by atoms with E-state index in [4.69, 9.17) is 0 Å². The van der Waals surface area contributed by atoms with Crippen LogP contribution in [0.2, 0.25) is 0 Å². The van der Waals surface area contributed by atoms with Gasteiger partial charge in [0.2, 0.25) is 5.91 Å². The fourth-order valence-electron chi connectivity index (χ4n) is 2.87. The molecule has 2 heterocycles. The van der Waals surface area contributed by atoms with E-state index in [1.54, 1.807) is 23.5 Å². The van der Waals surface area contributed by atoms with E-state index in [-0.39, 0.29) is 11.7 Å². The number of aromatic nitrogens is 1. The monoisotopic (exact) mass is 342 g/mol. The van der Waals surface area contributed by atoms with E-state index >= 15 is 0 Å². The van der Waals surface area contributed by atoms with Crippen LogP contribution >= 0.6 is 11.3 Å². The molecule has 0 fully saturated rings. The summed E-state index contributed by atoms with van der Waals surface area (Å²) in [4.78, 5) is 15.0. The van der Waals surface area contributed by atoms with Gasteiger partial charge in [-0.1, -0.05) is 6.07 Å². The summed E-state index contributed by atoms with van der Waals surface area (Å²) in [6.45, 7) is 4.42. The molecule has 3 aromatic rings. The van der Waals surface area contributed by atoms with E-state index < -0.39 is 0 Å². The second-order valence-corrected chi connectivity index (χ2v) is 6.55. The standard InChI is InChI=1S/C19H19FN2OS/c1-12-3-5-16(20)19-18(12)15(13(2)22-19)7-9-21-17(23)6-4-14-8-10-24-11-14/h3-6,8,10-11,22H,7,9H2,1-2H3,(H,21,23). The molecule has 0 saturated carbocycles. The van der Waals surface area contributed by atoms with E-state index in [1.807, 2.05) is 30.7 Å². The Kier molecular flexibility index (Phi) is 4.81. The maximum atomic E-state index is 13.9. The lowest BCUT2D eigenvalue weighted by molar-refractivity contribution is -0.116. The Morgan fingerprint density at radius 2 is 2.17 bits per heavy atom. The van der Waals surface area contributed by atoms with E-state index in [2.05, 4.69) is 10.3 Å². The summed E-state index contributed by atoms with van der Waals surface area (Å²) in [5.74, 6) is -0.366. The van der Waals surface area contributed by atoms with Crippen LogP contribution in [0, 0.1) is 19.7 Å². The van der Waals surface area contributed by atoms with Gasteiger partial charge in [-0.25, -0.2) is 4.39 Å². The van der Waals surface area contributed by atoms with Gasteiger partial charge in [0.15, 0.2) is 0 Å². The zero-order valence-electron chi connectivity index (χ0n) is 13.7. The normalized spacial score (nSPS) is 11.5. The zero-order chi connectivity index (χ0) is 17.1. The molecule has 0 aliphatic carbocycles. The summed E-state index contributed by atoms with van der Waals surface area (Å²) in [6, 6.07) is 5.23. The molecule has 0 spiro atoms. The van der Waals surface area contributed by atoms with Crippen molar-refractivity contribution < 1.29 is 9.18 Å². The number of H-pyrrole nitrogens is 1. The molecule has 0 saturated heterocycles. The summed E-state index contributed by atoms with van der Waals surface area (Å²) in [7, 11) is 0. The average molecular weight is 342 g/mol. The van der Waals surface area contributed by atoms with E-state index in [0.717, 1.165) is 27.8 Å². The van der Waals surface area contributed by atoms with Gasteiger partial charge in [0, 0.05) is 23.7 Å². The summed E-state index contributed by atoms with van der Waals surface area (Å²) in [5, 5.41) is 7.76. The number of carbonyl (C=O) groups is 1. The number of thiophene rings is 1. The minimum Gasteiger partial charge on any atom is -0.356 e. The third kappa shape index (κ3) is 3.41. The van der Waals surface area contributed by atoms with Crippen molar-refractivity contribution in [2.24, 2.45) is 0 Å². The molecule has 5 heteroatoms. The van der Waals surface area contributed by atoms with Crippen LogP contribution in [0.15, 0.2) is 35.0 Å². The Bertz CT molecular complexity index is 894. The largest absolute Gasteiger partial charge is 0.356 e. The van der Waals surface area contributed by atoms with Crippen molar-refractivity contribution in [3.05, 3.63) is 63.2 Å². The molecule has 1 amide bonds. The maximum Gasteiger partial charge on any atom is 0.244 e. The fourth-order valence-corrected chi connectivity index (χ4v) is 3.50. The lowest BCUT2D eigenvalue weighted by atomic mass is 10.0. The van der Waals surface area contributed by atoms with E-state index in [1.165, 1.54) is 12.1 Å². The van der Waals surface area contributed by atoms with Crippen molar-refractivity contribution >= 4 is 34.2 Å². The van der Waals surface area contributed by atoms with Crippen LogP contribution in [-0.2, 0) is 11.2 Å². The van der Waals surface area contributed by atoms with Crippen LogP contribution in [0.3, 0.4) is 0 Å². The number of fused-ring (bicyclic) bond motifs is 1. The second kappa shape index (κ2) is 7.01. The SMILES string of the molecule is Cc1[nH]c2c(F)ccc(C)c2c1CCNC(=O)C=Cc1ccsc1. The molecule has 1 aromatic carbocycles. The number of carbonyl (C=O) groups excluding carboxylic acids is 1. The zero-order valence-corrected chi connectivity index (χ0v) is 14.5. The first-order valence-corrected chi connectivity index (χ1v) is 8.75. The molecular weight excluding hydrogens is 323 g/mol. The van der Waals surface area contributed by atoms with E-state index in [0.29, 0.717) is 18.5 Å². The highest BCUT2D eigenvalue weighted by Crippen LogP contribution is 2.27. The lowest BCUT2D eigenvalue weighted by Gasteiger charge is -2.05. The third-order valence-electron chi connectivity index (χ3n) is 4.07. The van der Waals surface area contributed by atoms with Crippen molar-refractivity contribution in [2.45, 2.75) is 20.3 Å². The quantitative estimate of drug-likeness (QED) is 0.665. The van der Waals surface area contributed by atoms with Crippen molar-refractivity contribution in [2.75, 3.05) is 6.54 Å². The highest BCUT2D eigenvalue weighted by atomic mass is 32.1. The molecule has 0 radical (unpaired) electrons. The van der Waals surface area contributed by atoms with Crippen LogP contribution in [0.1, 0.15) is 22.4 Å². The second-order valence-electron chi connectivity index (χ2n) is 5.77. The number of hydrogen-bond acceptors (Lipinski definition) is 2. The minimum absolute atomic E-state index is 0.124. The molecular formula is C19H19FN2OS. The molecule has 124 valence electrons. The predicted molar refractivity (Wildman–Crippen MR) is 97.8 cm³/mol. The third-order valence-corrected chi connectivity index (χ3v) is 4.78. The van der Waals surface area contributed by atoms with Crippen molar-refractivity contribution in [3.8, 4) is 0 Å². The van der Waals surface area contributed by atoms with Gasteiger partial charge < -0.3 is 10.3 Å². The highest BCUT2D eigenvalue weighted by molar-refractivity contribution is 7.08. The smallest absolute Gasteiger partial charge is 0.244 e. The Hall–Kier alpha value is -2.40. The van der Waals surface area contributed by atoms with Gasteiger partial charge in [-0.2, -0.15) is 11.3 Å². The highest BCUT2D eigenvalue weighted by Gasteiger charge is 2.13. The summed E-state index contributed by atoms with van der Waals surface area (Å²) in [6.07, 6.45) is 3.99. The molecule has 2 aromatic heterocycles. The van der Waals surface area contributed by atoms with Crippen molar-refractivity contribution in [1.29, 1.82) is 0 Å². The minimum atomic E-state index is -0.243. The van der Waals surface area contributed by atoms with Crippen LogP contribution in [0.25, 0.3) is 17.0 Å². The van der Waals surface area contributed by atoms with Crippen LogP contribution in [0.4, 0.5) is 4.39 Å². The first kappa shape index (κ1) is 16.5. The number of aryl methyl sites for hydroxylation is 2.